The van der Waals surface area contributed by atoms with Gasteiger partial charge >= 0.3 is 0 Å². The van der Waals surface area contributed by atoms with Crippen LogP contribution in [0, 0.1) is 13.8 Å². The third kappa shape index (κ3) is 6.34. The monoisotopic (exact) mass is 499 g/mol. The number of aryl methyl sites for hydroxylation is 2. The molecule has 0 spiro atoms. The summed E-state index contributed by atoms with van der Waals surface area (Å²) >= 11 is 0. The highest BCUT2D eigenvalue weighted by atomic mass is 16.2. The number of hydrogen-bond acceptors (Lipinski definition) is 5. The maximum atomic E-state index is 13.4. The summed E-state index contributed by atoms with van der Waals surface area (Å²) in [4.78, 5) is 32.5. The minimum absolute atomic E-state index is 0.00936. The molecule has 1 aromatic heterocycles. The van der Waals surface area contributed by atoms with E-state index in [1.165, 1.54) is 5.56 Å². The largest absolute Gasteiger partial charge is 0.353 e. The summed E-state index contributed by atoms with van der Waals surface area (Å²) in [6, 6.07) is 19.8. The van der Waals surface area contributed by atoms with E-state index in [0.29, 0.717) is 25.2 Å². The lowest BCUT2D eigenvalue weighted by atomic mass is 10.1. The Hall–Kier alpha value is -3.74. The second kappa shape index (κ2) is 12.0. The van der Waals surface area contributed by atoms with Crippen LogP contribution in [0.1, 0.15) is 48.2 Å². The SMILES string of the molecule is CC[C@@H](C)N(CC(=O)N1CCCN(c2ccc(-c3ccc(C)cc3)nn2)CC1)C(=O)c1ccccc1C. The lowest BCUT2D eigenvalue weighted by molar-refractivity contribution is -0.132. The average Bonchev–Trinajstić information content (AvgIpc) is 3.18. The van der Waals surface area contributed by atoms with Crippen molar-refractivity contribution in [3.8, 4) is 11.3 Å². The summed E-state index contributed by atoms with van der Waals surface area (Å²) in [5.74, 6) is 0.729. The molecule has 1 aliphatic heterocycles. The standard InChI is InChI=1S/C30H37N5O2/c1-5-24(4)35(30(37)26-10-7-6-9-23(26)3)21-29(36)34-18-8-17-33(19-20-34)28-16-15-27(31-32-28)25-13-11-22(2)12-14-25/h6-7,9-16,24H,5,8,17-21H2,1-4H3/t24-/m1/s1. The molecule has 0 bridgehead atoms. The predicted molar refractivity (Wildman–Crippen MR) is 148 cm³/mol. The zero-order valence-electron chi connectivity index (χ0n) is 22.4. The van der Waals surface area contributed by atoms with E-state index in [9.17, 15) is 9.59 Å². The van der Waals surface area contributed by atoms with Crippen LogP contribution in [0.15, 0.2) is 60.7 Å². The second-order valence-electron chi connectivity index (χ2n) is 9.87. The molecule has 1 atom stereocenters. The highest BCUT2D eigenvalue weighted by Crippen LogP contribution is 2.20. The maximum Gasteiger partial charge on any atom is 0.254 e. The van der Waals surface area contributed by atoms with Crippen molar-refractivity contribution in [1.29, 1.82) is 0 Å². The van der Waals surface area contributed by atoms with Crippen molar-refractivity contribution >= 4 is 17.6 Å². The third-order valence-electron chi connectivity index (χ3n) is 7.24. The van der Waals surface area contributed by atoms with Crippen LogP contribution in [0.25, 0.3) is 11.3 Å². The molecule has 7 heteroatoms. The minimum Gasteiger partial charge on any atom is -0.353 e. The van der Waals surface area contributed by atoms with E-state index < -0.39 is 0 Å². The first kappa shape index (κ1) is 26.3. The Morgan fingerprint density at radius 3 is 2.35 bits per heavy atom. The topological polar surface area (TPSA) is 69.6 Å². The minimum atomic E-state index is -0.0822. The fraction of sp³-hybridized carbons (Fsp3) is 0.400. The van der Waals surface area contributed by atoms with E-state index in [1.807, 2.05) is 62.1 Å². The Balaban J connectivity index is 1.40. The molecule has 0 saturated carbocycles. The van der Waals surface area contributed by atoms with Gasteiger partial charge in [0.15, 0.2) is 5.82 Å². The summed E-state index contributed by atoms with van der Waals surface area (Å²) in [6.45, 7) is 10.9. The molecule has 2 heterocycles. The lowest BCUT2D eigenvalue weighted by Crippen LogP contribution is -2.47. The van der Waals surface area contributed by atoms with Crippen molar-refractivity contribution in [2.24, 2.45) is 0 Å². The number of hydrogen-bond donors (Lipinski definition) is 0. The molecule has 0 aliphatic carbocycles. The van der Waals surface area contributed by atoms with Gasteiger partial charge in [-0.3, -0.25) is 9.59 Å². The number of nitrogens with zero attached hydrogens (tertiary/aromatic N) is 5. The van der Waals surface area contributed by atoms with Crippen LogP contribution in [0.3, 0.4) is 0 Å². The van der Waals surface area contributed by atoms with Gasteiger partial charge in [0.2, 0.25) is 5.91 Å². The zero-order valence-corrected chi connectivity index (χ0v) is 22.4. The molecule has 3 aromatic rings. The smallest absolute Gasteiger partial charge is 0.254 e. The van der Waals surface area contributed by atoms with Gasteiger partial charge in [-0.25, -0.2) is 0 Å². The van der Waals surface area contributed by atoms with Crippen LogP contribution in [-0.4, -0.2) is 70.6 Å². The number of rotatable bonds is 7. The molecule has 0 unspecified atom stereocenters. The first-order valence-corrected chi connectivity index (χ1v) is 13.2. The van der Waals surface area contributed by atoms with Crippen LogP contribution in [0.5, 0.6) is 0 Å². The van der Waals surface area contributed by atoms with Crippen molar-refractivity contribution in [3.05, 3.63) is 77.4 Å². The van der Waals surface area contributed by atoms with E-state index in [1.54, 1.807) is 4.90 Å². The summed E-state index contributed by atoms with van der Waals surface area (Å²) in [6.07, 6.45) is 1.62. The number of benzene rings is 2. The van der Waals surface area contributed by atoms with Crippen molar-refractivity contribution < 1.29 is 9.59 Å². The quantitative estimate of drug-likeness (QED) is 0.470. The normalized spacial score (nSPS) is 14.7. The van der Waals surface area contributed by atoms with Crippen LogP contribution < -0.4 is 4.90 Å². The van der Waals surface area contributed by atoms with Crippen LogP contribution >= 0.6 is 0 Å². The Labute approximate surface area is 220 Å². The molecule has 7 nitrogen and oxygen atoms in total. The molecule has 37 heavy (non-hydrogen) atoms. The molecule has 1 fully saturated rings. The Morgan fingerprint density at radius 1 is 0.919 bits per heavy atom. The Morgan fingerprint density at radius 2 is 1.68 bits per heavy atom. The van der Waals surface area contributed by atoms with Gasteiger partial charge in [0.05, 0.1) is 5.69 Å². The van der Waals surface area contributed by atoms with E-state index in [-0.39, 0.29) is 24.4 Å². The van der Waals surface area contributed by atoms with E-state index in [4.69, 9.17) is 0 Å². The van der Waals surface area contributed by atoms with Crippen molar-refractivity contribution in [3.63, 3.8) is 0 Å². The predicted octanol–water partition coefficient (Wildman–Crippen LogP) is 4.74. The van der Waals surface area contributed by atoms with Crippen molar-refractivity contribution in [2.75, 3.05) is 37.6 Å². The van der Waals surface area contributed by atoms with Crippen LogP contribution in [0.2, 0.25) is 0 Å². The fourth-order valence-electron chi connectivity index (χ4n) is 4.63. The first-order valence-electron chi connectivity index (χ1n) is 13.2. The summed E-state index contributed by atoms with van der Waals surface area (Å²) in [5.41, 5.74) is 4.68. The lowest BCUT2D eigenvalue weighted by Gasteiger charge is -2.31. The van der Waals surface area contributed by atoms with Gasteiger partial charge in [0.1, 0.15) is 6.54 Å². The molecule has 0 radical (unpaired) electrons. The molecule has 2 amide bonds. The highest BCUT2D eigenvalue weighted by molar-refractivity contribution is 5.98. The number of carbonyl (C=O) groups is 2. The highest BCUT2D eigenvalue weighted by Gasteiger charge is 2.27. The van der Waals surface area contributed by atoms with Gasteiger partial charge in [0.25, 0.3) is 5.91 Å². The molecular formula is C30H37N5O2. The molecule has 1 saturated heterocycles. The molecular weight excluding hydrogens is 462 g/mol. The zero-order chi connectivity index (χ0) is 26.4. The molecule has 194 valence electrons. The van der Waals surface area contributed by atoms with E-state index >= 15 is 0 Å². The van der Waals surface area contributed by atoms with Crippen LogP contribution in [-0.2, 0) is 4.79 Å². The summed E-state index contributed by atoms with van der Waals surface area (Å²) in [7, 11) is 0. The first-order chi connectivity index (χ1) is 17.9. The number of aromatic nitrogens is 2. The number of carbonyl (C=O) groups excluding carboxylic acids is 2. The molecule has 2 aromatic carbocycles. The third-order valence-corrected chi connectivity index (χ3v) is 7.24. The van der Waals surface area contributed by atoms with Crippen molar-refractivity contribution in [1.82, 2.24) is 20.0 Å². The average molecular weight is 500 g/mol. The van der Waals surface area contributed by atoms with E-state index in [0.717, 1.165) is 42.0 Å². The molecule has 4 rings (SSSR count). The van der Waals surface area contributed by atoms with E-state index in [2.05, 4.69) is 46.3 Å². The fourth-order valence-corrected chi connectivity index (χ4v) is 4.63. The Bertz CT molecular complexity index is 1210. The summed E-state index contributed by atoms with van der Waals surface area (Å²) in [5, 5.41) is 8.93. The van der Waals surface area contributed by atoms with Gasteiger partial charge in [0, 0.05) is 43.3 Å². The Kier molecular flexibility index (Phi) is 8.54. The number of anilines is 1. The van der Waals surface area contributed by atoms with Gasteiger partial charge in [-0.15, -0.1) is 10.2 Å². The van der Waals surface area contributed by atoms with Gasteiger partial charge in [-0.1, -0.05) is 55.0 Å². The van der Waals surface area contributed by atoms with Gasteiger partial charge in [-0.05, 0) is 57.4 Å². The van der Waals surface area contributed by atoms with Gasteiger partial charge < -0.3 is 14.7 Å². The van der Waals surface area contributed by atoms with Crippen LogP contribution in [0.4, 0.5) is 5.82 Å². The molecule has 1 aliphatic rings. The maximum absolute atomic E-state index is 13.4. The van der Waals surface area contributed by atoms with Gasteiger partial charge in [-0.2, -0.15) is 0 Å². The van der Waals surface area contributed by atoms with Crippen molar-refractivity contribution in [2.45, 2.75) is 46.6 Å². The second-order valence-corrected chi connectivity index (χ2v) is 9.87. The number of amides is 2. The summed E-state index contributed by atoms with van der Waals surface area (Å²) < 4.78 is 0. The molecule has 0 N–H and O–H groups in total.